The quantitative estimate of drug-likeness (QED) is 0.566. The predicted octanol–water partition coefficient (Wildman–Crippen LogP) is 3.50. The lowest BCUT2D eigenvalue weighted by Gasteiger charge is -2.06. The molecule has 3 heterocycles. The largest absolute Gasteiger partial charge is 0.275 e. The Labute approximate surface area is 128 Å². The summed E-state index contributed by atoms with van der Waals surface area (Å²) in [5.74, 6) is 0. The molecule has 0 saturated heterocycles. The summed E-state index contributed by atoms with van der Waals surface area (Å²) in [6.45, 7) is 0. The van der Waals surface area contributed by atoms with Crippen molar-refractivity contribution in [2.75, 3.05) is 0 Å². The summed E-state index contributed by atoms with van der Waals surface area (Å²) in [5, 5.41) is 5.27. The van der Waals surface area contributed by atoms with Crippen LogP contribution in [0.5, 0.6) is 0 Å². The molecule has 0 N–H and O–H groups in total. The third-order valence-corrected chi connectivity index (χ3v) is 3.71. The molecular weight excluding hydrogens is 272 g/mol. The molecular formula is C18H13N4. The van der Waals surface area contributed by atoms with Crippen molar-refractivity contribution in [1.82, 2.24) is 19.7 Å². The zero-order valence-electron chi connectivity index (χ0n) is 12.1. The second-order valence-electron chi connectivity index (χ2n) is 5.17. The fourth-order valence-corrected chi connectivity index (χ4v) is 2.58. The number of nitrogens with zero attached hydrogens (tertiary/aromatic N) is 4. The van der Waals surface area contributed by atoms with Crippen molar-refractivity contribution in [2.45, 2.75) is 0 Å². The fraction of sp³-hybridized carbons (Fsp3) is 0.0556. The Bertz CT molecular complexity index is 933. The highest BCUT2D eigenvalue weighted by Crippen LogP contribution is 2.28. The lowest BCUT2D eigenvalue weighted by molar-refractivity contribution is 0.768. The molecule has 0 aliphatic rings. The number of aromatic nitrogens is 4. The van der Waals surface area contributed by atoms with Gasteiger partial charge in [-0.25, -0.2) is 0 Å². The summed E-state index contributed by atoms with van der Waals surface area (Å²) in [5.41, 5.74) is 5.33. The van der Waals surface area contributed by atoms with E-state index in [1.54, 1.807) is 17.1 Å². The molecule has 0 atom stereocenters. The molecule has 0 aliphatic carbocycles. The van der Waals surface area contributed by atoms with Gasteiger partial charge < -0.3 is 0 Å². The molecule has 1 aromatic carbocycles. The first-order chi connectivity index (χ1) is 10.8. The molecule has 0 fully saturated rings. The molecule has 0 unspecified atom stereocenters. The van der Waals surface area contributed by atoms with Gasteiger partial charge in [0.1, 0.15) is 0 Å². The summed E-state index contributed by atoms with van der Waals surface area (Å²) < 4.78 is 1.80. The third-order valence-electron chi connectivity index (χ3n) is 3.71. The van der Waals surface area contributed by atoms with Crippen molar-refractivity contribution in [1.29, 1.82) is 0 Å². The number of pyridine rings is 2. The van der Waals surface area contributed by atoms with Gasteiger partial charge in [-0.05, 0) is 17.2 Å². The summed E-state index contributed by atoms with van der Waals surface area (Å²) in [4.78, 5) is 8.59. The van der Waals surface area contributed by atoms with Crippen LogP contribution < -0.4 is 0 Å². The number of fused-ring (bicyclic) bond motifs is 1. The topological polar surface area (TPSA) is 43.6 Å². The van der Waals surface area contributed by atoms with Crippen LogP contribution in [0.3, 0.4) is 0 Å². The molecule has 105 valence electrons. The van der Waals surface area contributed by atoms with Gasteiger partial charge in [-0.2, -0.15) is 5.10 Å². The van der Waals surface area contributed by atoms with Crippen LogP contribution >= 0.6 is 0 Å². The molecule has 22 heavy (non-hydrogen) atoms. The Balaban J connectivity index is 1.79. The van der Waals surface area contributed by atoms with E-state index in [9.17, 15) is 0 Å². The number of benzene rings is 1. The van der Waals surface area contributed by atoms with Crippen molar-refractivity contribution in [3.63, 3.8) is 0 Å². The zero-order valence-corrected chi connectivity index (χ0v) is 12.1. The number of aryl methyl sites for hydroxylation is 1. The Kier molecular flexibility index (Phi) is 2.93. The van der Waals surface area contributed by atoms with Crippen LogP contribution in [0.4, 0.5) is 0 Å². The van der Waals surface area contributed by atoms with Gasteiger partial charge in [-0.1, -0.05) is 24.3 Å². The molecule has 0 bridgehead atoms. The normalized spacial score (nSPS) is 11.0. The summed E-state index contributed by atoms with van der Waals surface area (Å²) >= 11 is 0. The summed E-state index contributed by atoms with van der Waals surface area (Å²) in [7, 11) is 1.92. The minimum absolute atomic E-state index is 0.882. The molecule has 0 aliphatic heterocycles. The van der Waals surface area contributed by atoms with E-state index in [2.05, 4.69) is 45.4 Å². The van der Waals surface area contributed by atoms with Crippen LogP contribution in [-0.2, 0) is 7.05 Å². The highest BCUT2D eigenvalue weighted by molar-refractivity contribution is 5.93. The lowest BCUT2D eigenvalue weighted by Crippen LogP contribution is -1.86. The lowest BCUT2D eigenvalue weighted by atomic mass is 10.0. The first-order valence-corrected chi connectivity index (χ1v) is 7.00. The van der Waals surface area contributed by atoms with Crippen LogP contribution in [0.2, 0.25) is 0 Å². The molecule has 4 heteroatoms. The molecule has 3 aromatic heterocycles. The minimum atomic E-state index is 0.882. The monoisotopic (exact) mass is 285 g/mol. The van der Waals surface area contributed by atoms with Gasteiger partial charge in [0.15, 0.2) is 0 Å². The van der Waals surface area contributed by atoms with E-state index >= 15 is 0 Å². The van der Waals surface area contributed by atoms with Crippen LogP contribution in [0.1, 0.15) is 0 Å². The van der Waals surface area contributed by atoms with Crippen LogP contribution in [0, 0.1) is 6.07 Å². The molecule has 0 spiro atoms. The van der Waals surface area contributed by atoms with E-state index in [1.165, 1.54) is 0 Å². The molecule has 4 aromatic rings. The highest BCUT2D eigenvalue weighted by Gasteiger charge is 2.06. The van der Waals surface area contributed by atoms with Gasteiger partial charge in [0.2, 0.25) is 0 Å². The Morgan fingerprint density at radius 1 is 0.955 bits per heavy atom. The summed E-state index contributed by atoms with van der Waals surface area (Å²) in [6, 6.07) is 13.4. The molecule has 1 radical (unpaired) electrons. The summed E-state index contributed by atoms with van der Waals surface area (Å²) in [6.07, 6.45) is 9.19. The van der Waals surface area contributed by atoms with E-state index in [1.807, 2.05) is 31.7 Å². The van der Waals surface area contributed by atoms with Gasteiger partial charge in [0, 0.05) is 48.2 Å². The number of hydrogen-bond donors (Lipinski definition) is 0. The maximum Gasteiger partial charge on any atom is 0.0891 e. The molecule has 0 amide bonds. The Morgan fingerprint density at radius 2 is 1.77 bits per heavy atom. The van der Waals surface area contributed by atoms with Gasteiger partial charge >= 0.3 is 0 Å². The van der Waals surface area contributed by atoms with Gasteiger partial charge in [0.25, 0.3) is 0 Å². The smallest absolute Gasteiger partial charge is 0.0891 e. The van der Waals surface area contributed by atoms with Crippen molar-refractivity contribution >= 4 is 10.9 Å². The average Bonchev–Trinajstić information content (AvgIpc) is 3.01. The van der Waals surface area contributed by atoms with Crippen molar-refractivity contribution in [2.24, 2.45) is 7.05 Å². The molecule has 0 saturated carbocycles. The maximum atomic E-state index is 4.31. The highest BCUT2D eigenvalue weighted by atomic mass is 15.2. The minimum Gasteiger partial charge on any atom is -0.275 e. The second kappa shape index (κ2) is 5.07. The fourth-order valence-electron chi connectivity index (χ4n) is 2.58. The standard InChI is InChI=1S/C18H13N4/c1-22-12-15(9-21-22)13-4-6-14(7-5-13)17-10-19-11-18-16(17)3-2-8-20-18/h3-12H,1H3. The van der Waals surface area contributed by atoms with Gasteiger partial charge in [0.05, 0.1) is 17.9 Å². The first kappa shape index (κ1) is 12.7. The van der Waals surface area contributed by atoms with Crippen LogP contribution in [0.25, 0.3) is 33.2 Å². The first-order valence-electron chi connectivity index (χ1n) is 7.00. The van der Waals surface area contributed by atoms with E-state index in [4.69, 9.17) is 0 Å². The molecule has 4 nitrogen and oxygen atoms in total. The van der Waals surface area contributed by atoms with Gasteiger partial charge in [-0.15, -0.1) is 0 Å². The SMILES string of the molecule is Cn1cc(-c2ccc(-c3cncc4nc[c]cc34)cc2)cn1. The van der Waals surface area contributed by atoms with E-state index in [0.717, 1.165) is 33.2 Å². The van der Waals surface area contributed by atoms with E-state index in [-0.39, 0.29) is 0 Å². The molecule has 4 rings (SSSR count). The van der Waals surface area contributed by atoms with Gasteiger partial charge in [-0.3, -0.25) is 14.6 Å². The second-order valence-corrected chi connectivity index (χ2v) is 5.17. The van der Waals surface area contributed by atoms with Crippen molar-refractivity contribution in [3.05, 3.63) is 67.4 Å². The van der Waals surface area contributed by atoms with Crippen LogP contribution in [-0.4, -0.2) is 19.7 Å². The van der Waals surface area contributed by atoms with E-state index < -0.39 is 0 Å². The van der Waals surface area contributed by atoms with Crippen LogP contribution in [0.15, 0.2) is 61.3 Å². The van der Waals surface area contributed by atoms with E-state index in [0.29, 0.717) is 0 Å². The van der Waals surface area contributed by atoms with Crippen molar-refractivity contribution in [3.8, 4) is 22.3 Å². The predicted molar refractivity (Wildman–Crippen MR) is 86.0 cm³/mol. The third kappa shape index (κ3) is 2.15. The Morgan fingerprint density at radius 3 is 2.55 bits per heavy atom. The number of hydrogen-bond acceptors (Lipinski definition) is 3. The average molecular weight is 285 g/mol. The Hall–Kier alpha value is -3.01. The number of rotatable bonds is 2. The maximum absolute atomic E-state index is 4.31. The zero-order chi connectivity index (χ0) is 14.9. The van der Waals surface area contributed by atoms with Crippen molar-refractivity contribution < 1.29 is 0 Å².